The van der Waals surface area contributed by atoms with Crippen molar-refractivity contribution in [3.63, 3.8) is 0 Å². The molecule has 0 aromatic carbocycles. The molecular weight excluding hydrogens is 170 g/mol. The number of hydrogen-bond donors (Lipinski definition) is 0. The molecule has 0 radical (unpaired) electrons. The number of carbonyl (C=O) groups excluding carboxylic acids is 1. The molecule has 0 fully saturated rings. The second kappa shape index (κ2) is 2.45. The van der Waals surface area contributed by atoms with Crippen molar-refractivity contribution in [1.82, 2.24) is 4.57 Å². The van der Waals surface area contributed by atoms with Gasteiger partial charge in [-0.1, -0.05) is 0 Å². The highest BCUT2D eigenvalue weighted by molar-refractivity contribution is 7.20. The molecule has 3 heteroatoms. The van der Waals surface area contributed by atoms with Gasteiger partial charge in [-0.2, -0.15) is 0 Å². The van der Waals surface area contributed by atoms with Gasteiger partial charge in [-0.3, -0.25) is 4.79 Å². The van der Waals surface area contributed by atoms with E-state index < -0.39 is 0 Å². The molecule has 0 atom stereocenters. The second-order valence-electron chi connectivity index (χ2n) is 2.84. The average molecular weight is 179 g/mol. The van der Waals surface area contributed by atoms with E-state index in [2.05, 4.69) is 0 Å². The normalized spacial score (nSPS) is 10.8. The summed E-state index contributed by atoms with van der Waals surface area (Å²) >= 11 is 1.56. The summed E-state index contributed by atoms with van der Waals surface area (Å²) in [4.78, 5) is 11.9. The lowest BCUT2D eigenvalue weighted by Gasteiger charge is -1.88. The van der Waals surface area contributed by atoms with Crippen LogP contribution in [0.1, 0.15) is 16.6 Å². The highest BCUT2D eigenvalue weighted by Crippen LogP contribution is 2.25. The van der Waals surface area contributed by atoms with E-state index in [-0.39, 0.29) is 5.78 Å². The second-order valence-corrected chi connectivity index (χ2v) is 3.93. The highest BCUT2D eigenvalue weighted by Gasteiger charge is 2.07. The first-order valence-corrected chi connectivity index (χ1v) is 4.56. The molecule has 2 heterocycles. The summed E-state index contributed by atoms with van der Waals surface area (Å²) in [6.45, 7) is 1.60. The van der Waals surface area contributed by atoms with Crippen molar-refractivity contribution in [3.8, 4) is 0 Å². The number of fused-ring (bicyclic) bond motifs is 1. The molecule has 0 N–H and O–H groups in total. The van der Waals surface area contributed by atoms with Gasteiger partial charge in [0.25, 0.3) is 0 Å². The molecule has 0 saturated heterocycles. The van der Waals surface area contributed by atoms with Crippen molar-refractivity contribution in [2.24, 2.45) is 7.05 Å². The summed E-state index contributed by atoms with van der Waals surface area (Å²) in [5.74, 6) is 0.149. The lowest BCUT2D eigenvalue weighted by Crippen LogP contribution is -1.86. The molecule has 0 spiro atoms. The molecule has 0 aliphatic rings. The number of hydrogen-bond acceptors (Lipinski definition) is 2. The van der Waals surface area contributed by atoms with Gasteiger partial charge in [-0.15, -0.1) is 11.3 Å². The average Bonchev–Trinajstić information content (AvgIpc) is 2.53. The van der Waals surface area contributed by atoms with E-state index in [4.69, 9.17) is 0 Å². The first-order valence-electron chi connectivity index (χ1n) is 3.74. The molecule has 2 aromatic heterocycles. The maximum Gasteiger partial charge on any atom is 0.169 e. The van der Waals surface area contributed by atoms with Crippen molar-refractivity contribution in [1.29, 1.82) is 0 Å². The first-order chi connectivity index (χ1) is 5.68. The predicted octanol–water partition coefficient (Wildman–Crippen LogP) is 2.44. The van der Waals surface area contributed by atoms with Gasteiger partial charge in [0.1, 0.15) is 0 Å². The number of aryl methyl sites for hydroxylation is 1. The zero-order valence-electron chi connectivity index (χ0n) is 7.00. The third kappa shape index (κ3) is 0.975. The molecule has 0 aliphatic carbocycles. The Hall–Kier alpha value is -1.09. The summed E-state index contributed by atoms with van der Waals surface area (Å²) in [6.07, 6.45) is 2.01. The summed E-state index contributed by atoms with van der Waals surface area (Å²) in [6, 6.07) is 3.98. The van der Waals surface area contributed by atoms with Crippen molar-refractivity contribution in [2.75, 3.05) is 0 Å². The third-order valence-corrected chi connectivity index (χ3v) is 3.11. The number of Topliss-reactive ketones (excluding diaryl/α,β-unsaturated/α-hetero) is 1. The molecule has 0 unspecified atom stereocenters. The van der Waals surface area contributed by atoms with E-state index in [0.717, 1.165) is 10.4 Å². The lowest BCUT2D eigenvalue weighted by molar-refractivity contribution is 0.102. The Labute approximate surface area is 74.4 Å². The van der Waals surface area contributed by atoms with Crippen LogP contribution >= 0.6 is 11.3 Å². The number of thiophene rings is 1. The molecule has 2 rings (SSSR count). The van der Waals surface area contributed by atoms with Crippen LogP contribution in [-0.2, 0) is 7.05 Å². The van der Waals surface area contributed by atoms with Gasteiger partial charge in [0.2, 0.25) is 0 Å². The first kappa shape index (κ1) is 7.55. The molecule has 62 valence electrons. The summed E-state index contributed by atoms with van der Waals surface area (Å²) in [5, 5.41) is 0. The van der Waals surface area contributed by atoms with Crippen LogP contribution in [0.25, 0.3) is 10.2 Å². The zero-order valence-corrected chi connectivity index (χ0v) is 7.81. The Kier molecular flexibility index (Phi) is 1.54. The molecule has 0 bridgehead atoms. The molecule has 2 aromatic rings. The fourth-order valence-corrected chi connectivity index (χ4v) is 2.21. The Balaban J connectivity index is 2.70. The minimum atomic E-state index is 0.149. The van der Waals surface area contributed by atoms with Crippen LogP contribution in [0.3, 0.4) is 0 Å². The summed E-state index contributed by atoms with van der Waals surface area (Å²) < 4.78 is 3.21. The van der Waals surface area contributed by atoms with E-state index in [0.29, 0.717) is 0 Å². The van der Waals surface area contributed by atoms with Crippen LogP contribution in [-0.4, -0.2) is 10.4 Å². The van der Waals surface area contributed by atoms with Crippen LogP contribution in [0.2, 0.25) is 0 Å². The van der Waals surface area contributed by atoms with Crippen molar-refractivity contribution >= 4 is 27.3 Å². The molecule has 2 nitrogen and oxygen atoms in total. The van der Waals surface area contributed by atoms with E-state index in [1.165, 1.54) is 4.70 Å². The van der Waals surface area contributed by atoms with Crippen LogP contribution in [0.5, 0.6) is 0 Å². The van der Waals surface area contributed by atoms with Crippen molar-refractivity contribution < 1.29 is 4.79 Å². The fourth-order valence-electron chi connectivity index (χ4n) is 1.22. The molecular formula is C9H9NOS. The highest BCUT2D eigenvalue weighted by atomic mass is 32.1. The van der Waals surface area contributed by atoms with Gasteiger partial charge in [0.05, 0.1) is 15.1 Å². The fraction of sp³-hybridized carbons (Fsp3) is 0.222. The third-order valence-electron chi connectivity index (χ3n) is 1.92. The maximum absolute atomic E-state index is 11.0. The molecule has 12 heavy (non-hydrogen) atoms. The van der Waals surface area contributed by atoms with Gasteiger partial charge in [-0.25, -0.2) is 0 Å². The van der Waals surface area contributed by atoms with Crippen LogP contribution in [0.15, 0.2) is 18.3 Å². The largest absolute Gasteiger partial charge is 0.350 e. The Morgan fingerprint density at radius 1 is 1.58 bits per heavy atom. The lowest BCUT2D eigenvalue weighted by atomic mass is 10.3. The molecule has 0 saturated carbocycles. The standard InChI is InChI=1S/C9H9NOS/c1-6(11)9-5-7-8(12-9)3-4-10(7)2/h3-5H,1-2H3. The van der Waals surface area contributed by atoms with Crippen LogP contribution in [0.4, 0.5) is 0 Å². The number of rotatable bonds is 1. The summed E-state index contributed by atoms with van der Waals surface area (Å²) in [5.41, 5.74) is 1.14. The van der Waals surface area contributed by atoms with Crippen molar-refractivity contribution in [2.45, 2.75) is 6.92 Å². The van der Waals surface area contributed by atoms with Gasteiger partial charge < -0.3 is 4.57 Å². The minimum Gasteiger partial charge on any atom is -0.350 e. The van der Waals surface area contributed by atoms with Crippen molar-refractivity contribution in [3.05, 3.63) is 23.2 Å². The Morgan fingerprint density at radius 3 is 2.92 bits per heavy atom. The Morgan fingerprint density at radius 2 is 2.33 bits per heavy atom. The number of ketones is 1. The van der Waals surface area contributed by atoms with Gasteiger partial charge in [-0.05, 0) is 19.1 Å². The molecule has 0 amide bonds. The Bertz CT molecular complexity index is 438. The van der Waals surface area contributed by atoms with E-state index in [1.807, 2.05) is 29.9 Å². The number of nitrogens with zero attached hydrogens (tertiary/aromatic N) is 1. The maximum atomic E-state index is 11.0. The van der Waals surface area contributed by atoms with Crippen LogP contribution < -0.4 is 0 Å². The topological polar surface area (TPSA) is 22.0 Å². The van der Waals surface area contributed by atoms with Crippen LogP contribution in [0, 0.1) is 0 Å². The van der Waals surface area contributed by atoms with Gasteiger partial charge >= 0.3 is 0 Å². The quantitative estimate of drug-likeness (QED) is 0.616. The van der Waals surface area contributed by atoms with Gasteiger partial charge in [0.15, 0.2) is 5.78 Å². The molecule has 0 aliphatic heterocycles. The van der Waals surface area contributed by atoms with E-state index in [1.54, 1.807) is 18.3 Å². The summed E-state index contributed by atoms with van der Waals surface area (Å²) in [7, 11) is 1.99. The monoisotopic (exact) mass is 179 g/mol. The van der Waals surface area contributed by atoms with E-state index in [9.17, 15) is 4.79 Å². The minimum absolute atomic E-state index is 0.149. The smallest absolute Gasteiger partial charge is 0.169 e. The SMILES string of the molecule is CC(=O)c1cc2c(ccn2C)s1. The van der Waals surface area contributed by atoms with Gasteiger partial charge in [0, 0.05) is 13.2 Å². The van der Waals surface area contributed by atoms with E-state index >= 15 is 0 Å². The number of carbonyl (C=O) groups is 1. The zero-order chi connectivity index (χ0) is 8.72. The predicted molar refractivity (Wildman–Crippen MR) is 50.8 cm³/mol. The number of aromatic nitrogens is 1.